The Morgan fingerprint density at radius 3 is 2.62 bits per heavy atom. The first kappa shape index (κ1) is 12.7. The molecule has 0 aliphatic carbocycles. The number of carbonyl (C=O) groups excluding carboxylic acids is 1. The molecule has 0 N–H and O–H groups in total. The van der Waals surface area contributed by atoms with E-state index in [4.69, 9.17) is 4.74 Å². The maximum Gasteiger partial charge on any atom is 0.313 e. The molecule has 0 saturated carbocycles. The number of nitrogens with zero attached hydrogens (tertiary/aromatic N) is 1. The van der Waals surface area contributed by atoms with Crippen molar-refractivity contribution in [3.05, 3.63) is 29.6 Å². The lowest BCUT2D eigenvalue weighted by Gasteiger charge is -2.19. The number of pyridine rings is 1. The van der Waals surface area contributed by atoms with Crippen molar-refractivity contribution in [1.82, 2.24) is 4.98 Å². The summed E-state index contributed by atoms with van der Waals surface area (Å²) in [4.78, 5) is 16.0. The van der Waals surface area contributed by atoms with E-state index in [1.165, 1.54) is 0 Å². The number of rotatable bonds is 4. The normalized spacial score (nSPS) is 12.6. The SMILES string of the molecule is CCOC(=O)C(c1cncc(C)c1)C(C)C. The Kier molecular flexibility index (Phi) is 4.47. The van der Waals surface area contributed by atoms with Crippen LogP contribution in [0.4, 0.5) is 0 Å². The van der Waals surface area contributed by atoms with Crippen LogP contribution in [0.3, 0.4) is 0 Å². The third-order valence-corrected chi connectivity index (χ3v) is 2.46. The second-order valence-corrected chi connectivity index (χ2v) is 4.27. The van der Waals surface area contributed by atoms with Crippen LogP contribution < -0.4 is 0 Å². The van der Waals surface area contributed by atoms with Crippen LogP contribution in [-0.2, 0) is 9.53 Å². The molecule has 0 radical (unpaired) electrons. The second kappa shape index (κ2) is 5.64. The number of esters is 1. The Morgan fingerprint density at radius 2 is 2.12 bits per heavy atom. The number of aryl methyl sites for hydroxylation is 1. The van der Waals surface area contributed by atoms with Crippen LogP contribution in [0.25, 0.3) is 0 Å². The van der Waals surface area contributed by atoms with E-state index in [9.17, 15) is 4.79 Å². The molecule has 0 amide bonds. The highest BCUT2D eigenvalue weighted by molar-refractivity contribution is 5.78. The largest absolute Gasteiger partial charge is 0.466 e. The number of carbonyl (C=O) groups is 1. The topological polar surface area (TPSA) is 39.2 Å². The summed E-state index contributed by atoms with van der Waals surface area (Å²) in [6.07, 6.45) is 3.53. The molecular weight excluding hydrogens is 202 g/mol. The molecule has 1 rings (SSSR count). The van der Waals surface area contributed by atoms with E-state index in [0.717, 1.165) is 11.1 Å². The fourth-order valence-corrected chi connectivity index (χ4v) is 1.77. The third kappa shape index (κ3) is 3.05. The van der Waals surface area contributed by atoms with Gasteiger partial charge < -0.3 is 4.74 Å². The summed E-state index contributed by atoms with van der Waals surface area (Å²) in [5.74, 6) is -0.167. The van der Waals surface area contributed by atoms with Crippen LogP contribution >= 0.6 is 0 Å². The smallest absolute Gasteiger partial charge is 0.313 e. The zero-order chi connectivity index (χ0) is 12.1. The average molecular weight is 221 g/mol. The van der Waals surface area contributed by atoms with E-state index < -0.39 is 0 Å². The molecule has 0 bridgehead atoms. The molecular formula is C13H19NO2. The van der Waals surface area contributed by atoms with Crippen LogP contribution in [0, 0.1) is 12.8 Å². The van der Waals surface area contributed by atoms with Crippen LogP contribution in [0.2, 0.25) is 0 Å². The van der Waals surface area contributed by atoms with Crippen molar-refractivity contribution in [2.24, 2.45) is 5.92 Å². The lowest BCUT2D eigenvalue weighted by molar-refractivity contribution is -0.146. The number of aromatic nitrogens is 1. The van der Waals surface area contributed by atoms with E-state index in [2.05, 4.69) is 4.98 Å². The molecule has 0 aliphatic rings. The minimum Gasteiger partial charge on any atom is -0.466 e. The van der Waals surface area contributed by atoms with Gasteiger partial charge in [0, 0.05) is 12.4 Å². The minimum absolute atomic E-state index is 0.162. The monoisotopic (exact) mass is 221 g/mol. The summed E-state index contributed by atoms with van der Waals surface area (Å²) in [7, 11) is 0. The first-order valence-corrected chi connectivity index (χ1v) is 5.64. The molecule has 3 nitrogen and oxygen atoms in total. The van der Waals surface area contributed by atoms with Crippen molar-refractivity contribution < 1.29 is 9.53 Å². The first-order valence-electron chi connectivity index (χ1n) is 5.64. The van der Waals surface area contributed by atoms with Gasteiger partial charge in [-0.1, -0.05) is 19.9 Å². The van der Waals surface area contributed by atoms with Crippen molar-refractivity contribution >= 4 is 5.97 Å². The number of hydrogen-bond donors (Lipinski definition) is 0. The summed E-state index contributed by atoms with van der Waals surface area (Å²) >= 11 is 0. The van der Waals surface area contributed by atoms with E-state index in [1.807, 2.05) is 33.8 Å². The molecule has 0 aromatic carbocycles. The van der Waals surface area contributed by atoms with Crippen molar-refractivity contribution in [3.8, 4) is 0 Å². The van der Waals surface area contributed by atoms with Gasteiger partial charge in [-0.05, 0) is 30.9 Å². The predicted octanol–water partition coefficient (Wildman–Crippen LogP) is 2.69. The Bertz CT molecular complexity index is 361. The van der Waals surface area contributed by atoms with Gasteiger partial charge in [-0.3, -0.25) is 9.78 Å². The predicted molar refractivity (Wildman–Crippen MR) is 63.2 cm³/mol. The fourth-order valence-electron chi connectivity index (χ4n) is 1.77. The summed E-state index contributed by atoms with van der Waals surface area (Å²) in [6.45, 7) is 8.25. The van der Waals surface area contributed by atoms with E-state index in [-0.39, 0.29) is 17.8 Å². The Morgan fingerprint density at radius 1 is 1.44 bits per heavy atom. The van der Waals surface area contributed by atoms with Gasteiger partial charge in [-0.25, -0.2) is 0 Å². The van der Waals surface area contributed by atoms with Gasteiger partial charge in [-0.15, -0.1) is 0 Å². The summed E-state index contributed by atoms with van der Waals surface area (Å²) in [6, 6.07) is 1.99. The van der Waals surface area contributed by atoms with Crippen LogP contribution in [0.1, 0.15) is 37.8 Å². The molecule has 1 aromatic heterocycles. The molecule has 1 aromatic rings. The molecule has 0 saturated heterocycles. The van der Waals surface area contributed by atoms with Gasteiger partial charge in [0.25, 0.3) is 0 Å². The Labute approximate surface area is 96.8 Å². The van der Waals surface area contributed by atoms with E-state index >= 15 is 0 Å². The van der Waals surface area contributed by atoms with Crippen molar-refractivity contribution in [3.63, 3.8) is 0 Å². The molecule has 1 atom stereocenters. The van der Waals surface area contributed by atoms with Crippen LogP contribution in [0.5, 0.6) is 0 Å². The zero-order valence-corrected chi connectivity index (χ0v) is 10.4. The maximum atomic E-state index is 11.8. The van der Waals surface area contributed by atoms with E-state index in [0.29, 0.717) is 6.61 Å². The third-order valence-electron chi connectivity index (χ3n) is 2.46. The minimum atomic E-state index is -0.215. The Balaban J connectivity index is 2.98. The van der Waals surface area contributed by atoms with Crippen molar-refractivity contribution in [1.29, 1.82) is 0 Å². The molecule has 0 fully saturated rings. The second-order valence-electron chi connectivity index (χ2n) is 4.27. The fraction of sp³-hybridized carbons (Fsp3) is 0.538. The van der Waals surface area contributed by atoms with Gasteiger partial charge >= 0.3 is 5.97 Å². The molecule has 0 spiro atoms. The van der Waals surface area contributed by atoms with Gasteiger partial charge in [0.1, 0.15) is 0 Å². The standard InChI is InChI=1S/C13H19NO2/c1-5-16-13(15)12(9(2)3)11-6-10(4)7-14-8-11/h6-9,12H,5H2,1-4H3. The summed E-state index contributed by atoms with van der Waals surface area (Å²) in [5.41, 5.74) is 2.00. The van der Waals surface area contributed by atoms with Crippen LogP contribution in [0.15, 0.2) is 18.5 Å². The van der Waals surface area contributed by atoms with E-state index in [1.54, 1.807) is 12.4 Å². The first-order chi connectivity index (χ1) is 7.56. The van der Waals surface area contributed by atoms with Gasteiger partial charge in [-0.2, -0.15) is 0 Å². The summed E-state index contributed by atoms with van der Waals surface area (Å²) in [5, 5.41) is 0. The van der Waals surface area contributed by atoms with Gasteiger partial charge in [0.2, 0.25) is 0 Å². The molecule has 1 unspecified atom stereocenters. The maximum absolute atomic E-state index is 11.8. The Hall–Kier alpha value is -1.38. The van der Waals surface area contributed by atoms with Gasteiger partial charge in [0.15, 0.2) is 0 Å². The highest BCUT2D eigenvalue weighted by Gasteiger charge is 2.25. The quantitative estimate of drug-likeness (QED) is 0.734. The highest BCUT2D eigenvalue weighted by Crippen LogP contribution is 2.25. The molecule has 0 aliphatic heterocycles. The molecule has 1 heterocycles. The zero-order valence-electron chi connectivity index (χ0n) is 10.4. The number of ether oxygens (including phenoxy) is 1. The van der Waals surface area contributed by atoms with Gasteiger partial charge in [0.05, 0.1) is 12.5 Å². The molecule has 16 heavy (non-hydrogen) atoms. The summed E-state index contributed by atoms with van der Waals surface area (Å²) < 4.78 is 5.09. The lowest BCUT2D eigenvalue weighted by Crippen LogP contribution is -2.21. The average Bonchev–Trinajstić information content (AvgIpc) is 2.17. The lowest BCUT2D eigenvalue weighted by atomic mass is 9.89. The molecule has 88 valence electrons. The number of hydrogen-bond acceptors (Lipinski definition) is 3. The van der Waals surface area contributed by atoms with Crippen molar-refractivity contribution in [2.45, 2.75) is 33.6 Å². The highest BCUT2D eigenvalue weighted by atomic mass is 16.5. The van der Waals surface area contributed by atoms with Crippen LogP contribution in [-0.4, -0.2) is 17.6 Å². The van der Waals surface area contributed by atoms with Crippen molar-refractivity contribution in [2.75, 3.05) is 6.61 Å². The molecule has 3 heteroatoms.